The first kappa shape index (κ1) is 30.4. The van der Waals surface area contributed by atoms with Crippen molar-refractivity contribution in [2.24, 2.45) is 0 Å². The van der Waals surface area contributed by atoms with Crippen LogP contribution in [-0.2, 0) is 33.4 Å². The highest BCUT2D eigenvalue weighted by atomic mass is 16.6. The Balaban J connectivity index is 1.92. The third-order valence-corrected chi connectivity index (χ3v) is 6.35. The van der Waals surface area contributed by atoms with Gasteiger partial charge in [-0.2, -0.15) is 0 Å². The van der Waals surface area contributed by atoms with Crippen molar-refractivity contribution in [3.63, 3.8) is 0 Å². The van der Waals surface area contributed by atoms with Crippen LogP contribution in [0.2, 0.25) is 0 Å². The normalized spacial score (nSPS) is 21.8. The van der Waals surface area contributed by atoms with E-state index < -0.39 is 66.4 Å². The standard InChI is InChI=1S/C29H28O13/c1-13(31)38-18-7-5-17(6-8-18)20-12-37-26-19(24(20)35)9-10-21(39-14(2)32)23(26)27-29(41-16(4)34)28(40-15(3)33)25(36)22(11-30)42-27/h5-10,12,22,25,27-30,36H,11H2,1-4H3/t22-,25-,27+,28+,29+/m1/s1. The Kier molecular flexibility index (Phi) is 9.05. The minimum Gasteiger partial charge on any atom is -0.463 e. The lowest BCUT2D eigenvalue weighted by molar-refractivity contribution is -0.247. The largest absolute Gasteiger partial charge is 0.463 e. The molecule has 42 heavy (non-hydrogen) atoms. The summed E-state index contributed by atoms with van der Waals surface area (Å²) < 4.78 is 33.0. The average molecular weight is 585 g/mol. The van der Waals surface area contributed by atoms with Gasteiger partial charge in [-0.15, -0.1) is 0 Å². The van der Waals surface area contributed by atoms with Gasteiger partial charge in [0.05, 0.1) is 23.1 Å². The second kappa shape index (κ2) is 12.5. The summed E-state index contributed by atoms with van der Waals surface area (Å²) in [4.78, 5) is 60.9. The minimum atomic E-state index is -1.61. The summed E-state index contributed by atoms with van der Waals surface area (Å²) in [6.07, 6.45) is -6.26. The van der Waals surface area contributed by atoms with Crippen molar-refractivity contribution in [3.05, 3.63) is 58.4 Å². The van der Waals surface area contributed by atoms with Gasteiger partial charge in [0.1, 0.15) is 41.7 Å². The van der Waals surface area contributed by atoms with Gasteiger partial charge in [0.25, 0.3) is 0 Å². The van der Waals surface area contributed by atoms with Gasteiger partial charge in [0.2, 0.25) is 5.43 Å². The zero-order chi connectivity index (χ0) is 30.7. The van der Waals surface area contributed by atoms with Crippen LogP contribution in [0.1, 0.15) is 39.4 Å². The van der Waals surface area contributed by atoms with Crippen LogP contribution >= 0.6 is 0 Å². The van der Waals surface area contributed by atoms with Gasteiger partial charge in [-0.3, -0.25) is 24.0 Å². The summed E-state index contributed by atoms with van der Waals surface area (Å²) in [5.41, 5.74) is -0.0914. The zero-order valence-corrected chi connectivity index (χ0v) is 23.0. The van der Waals surface area contributed by atoms with Gasteiger partial charge in [0, 0.05) is 27.7 Å². The lowest BCUT2D eigenvalue weighted by Gasteiger charge is -2.43. The van der Waals surface area contributed by atoms with E-state index in [0.29, 0.717) is 5.56 Å². The molecule has 2 N–H and O–H groups in total. The molecule has 1 aliphatic rings. The fourth-order valence-corrected chi connectivity index (χ4v) is 4.74. The number of rotatable bonds is 7. The van der Waals surface area contributed by atoms with E-state index >= 15 is 0 Å². The fourth-order valence-electron chi connectivity index (χ4n) is 4.74. The summed E-state index contributed by atoms with van der Waals surface area (Å²) in [7, 11) is 0. The number of aliphatic hydroxyl groups excluding tert-OH is 2. The van der Waals surface area contributed by atoms with Crippen molar-refractivity contribution < 1.29 is 57.5 Å². The SMILES string of the molecule is CC(=O)Oc1ccc(-c2coc3c([C@@H]4O[C@H](CO)[C@@H](O)[C@H](OC(C)=O)[C@H]4OC(C)=O)c(OC(C)=O)ccc3c2=O)cc1. The van der Waals surface area contributed by atoms with E-state index in [-0.39, 0.29) is 33.6 Å². The number of ether oxygens (including phenoxy) is 5. The summed E-state index contributed by atoms with van der Waals surface area (Å²) >= 11 is 0. The quantitative estimate of drug-likeness (QED) is 0.304. The Labute approximate surface area is 238 Å². The summed E-state index contributed by atoms with van der Waals surface area (Å²) in [6.45, 7) is 3.83. The predicted molar refractivity (Wildman–Crippen MR) is 142 cm³/mol. The molecule has 1 saturated heterocycles. The van der Waals surface area contributed by atoms with E-state index in [9.17, 15) is 34.2 Å². The van der Waals surface area contributed by atoms with Crippen LogP contribution in [0.4, 0.5) is 0 Å². The van der Waals surface area contributed by atoms with E-state index in [1.165, 1.54) is 31.2 Å². The number of aliphatic hydroxyl groups is 2. The molecule has 0 amide bonds. The van der Waals surface area contributed by atoms with Crippen LogP contribution in [-0.4, -0.2) is 65.1 Å². The van der Waals surface area contributed by atoms with Crippen LogP contribution < -0.4 is 14.9 Å². The van der Waals surface area contributed by atoms with Crippen LogP contribution in [0.25, 0.3) is 22.1 Å². The molecule has 0 spiro atoms. The Morgan fingerprint density at radius 2 is 1.45 bits per heavy atom. The molecule has 0 radical (unpaired) electrons. The first-order chi connectivity index (χ1) is 19.9. The molecule has 0 saturated carbocycles. The first-order valence-corrected chi connectivity index (χ1v) is 12.8. The molecular formula is C29H28O13. The molecule has 13 nitrogen and oxygen atoms in total. The van der Waals surface area contributed by atoms with Crippen molar-refractivity contribution in [2.75, 3.05) is 6.61 Å². The number of hydrogen-bond donors (Lipinski definition) is 2. The van der Waals surface area contributed by atoms with E-state index in [2.05, 4.69) is 0 Å². The Morgan fingerprint density at radius 3 is 2.02 bits per heavy atom. The summed E-state index contributed by atoms with van der Waals surface area (Å²) in [5.74, 6) is -2.74. The second-order valence-corrected chi connectivity index (χ2v) is 9.46. The monoisotopic (exact) mass is 584 g/mol. The molecule has 0 bridgehead atoms. The molecule has 3 aromatic rings. The molecule has 0 aliphatic carbocycles. The Hall–Kier alpha value is -4.59. The van der Waals surface area contributed by atoms with Gasteiger partial charge in [-0.1, -0.05) is 12.1 Å². The lowest BCUT2D eigenvalue weighted by Crippen LogP contribution is -2.58. The van der Waals surface area contributed by atoms with Crippen molar-refractivity contribution in [3.8, 4) is 22.6 Å². The lowest BCUT2D eigenvalue weighted by atomic mass is 9.89. The summed E-state index contributed by atoms with van der Waals surface area (Å²) in [6, 6.07) is 8.81. The maximum atomic E-state index is 13.7. The molecule has 1 fully saturated rings. The number of esters is 4. The molecule has 5 atom stereocenters. The van der Waals surface area contributed by atoms with Crippen molar-refractivity contribution in [1.82, 2.24) is 0 Å². The molecule has 222 valence electrons. The highest BCUT2D eigenvalue weighted by molar-refractivity contribution is 5.87. The molecule has 4 rings (SSSR count). The molecule has 1 aliphatic heterocycles. The van der Waals surface area contributed by atoms with Crippen LogP contribution in [0.5, 0.6) is 11.5 Å². The molecule has 13 heteroatoms. The number of carbonyl (C=O) groups excluding carboxylic acids is 4. The number of carbonyl (C=O) groups is 4. The average Bonchev–Trinajstić information content (AvgIpc) is 2.91. The molecular weight excluding hydrogens is 556 g/mol. The van der Waals surface area contributed by atoms with E-state index in [1.54, 1.807) is 12.1 Å². The topological polar surface area (TPSA) is 185 Å². The maximum Gasteiger partial charge on any atom is 0.308 e. The van der Waals surface area contributed by atoms with E-state index in [1.807, 2.05) is 0 Å². The third kappa shape index (κ3) is 6.33. The van der Waals surface area contributed by atoms with Crippen LogP contribution in [0, 0.1) is 0 Å². The highest BCUT2D eigenvalue weighted by Crippen LogP contribution is 2.43. The smallest absolute Gasteiger partial charge is 0.308 e. The van der Waals surface area contributed by atoms with Crippen LogP contribution in [0.3, 0.4) is 0 Å². The second-order valence-electron chi connectivity index (χ2n) is 9.46. The van der Waals surface area contributed by atoms with Crippen LogP contribution in [0.15, 0.2) is 51.9 Å². The highest BCUT2D eigenvalue weighted by Gasteiger charge is 2.51. The molecule has 1 aromatic heterocycles. The number of fused-ring (bicyclic) bond motifs is 1. The van der Waals surface area contributed by atoms with E-state index in [0.717, 1.165) is 27.0 Å². The van der Waals surface area contributed by atoms with Crippen molar-refractivity contribution in [2.45, 2.75) is 58.2 Å². The molecule has 2 aromatic carbocycles. The fraction of sp³-hybridized carbons (Fsp3) is 0.345. The van der Waals surface area contributed by atoms with Gasteiger partial charge in [-0.25, -0.2) is 0 Å². The van der Waals surface area contributed by atoms with Crippen molar-refractivity contribution in [1.29, 1.82) is 0 Å². The van der Waals surface area contributed by atoms with Gasteiger partial charge in [0.15, 0.2) is 12.2 Å². The van der Waals surface area contributed by atoms with Gasteiger partial charge < -0.3 is 38.3 Å². The van der Waals surface area contributed by atoms with Gasteiger partial charge in [-0.05, 0) is 29.8 Å². The zero-order valence-electron chi connectivity index (χ0n) is 23.0. The maximum absolute atomic E-state index is 13.7. The molecule has 2 heterocycles. The molecule has 0 unspecified atom stereocenters. The Bertz CT molecular complexity index is 1570. The van der Waals surface area contributed by atoms with E-state index in [4.69, 9.17) is 28.1 Å². The number of hydrogen-bond acceptors (Lipinski definition) is 13. The Morgan fingerprint density at radius 1 is 0.833 bits per heavy atom. The van der Waals surface area contributed by atoms with Gasteiger partial charge >= 0.3 is 23.9 Å². The third-order valence-electron chi connectivity index (χ3n) is 6.35. The predicted octanol–water partition coefficient (Wildman–Crippen LogP) is 1.97. The summed E-state index contributed by atoms with van der Waals surface area (Å²) in [5, 5.41) is 20.7. The number of benzene rings is 2. The minimum absolute atomic E-state index is 0.0170. The van der Waals surface area contributed by atoms with Crippen molar-refractivity contribution >= 4 is 34.8 Å². The first-order valence-electron chi connectivity index (χ1n) is 12.8.